The summed E-state index contributed by atoms with van der Waals surface area (Å²) >= 11 is 0. The van der Waals surface area contributed by atoms with Crippen molar-refractivity contribution < 1.29 is 9.90 Å². The van der Waals surface area contributed by atoms with Gasteiger partial charge in [-0.1, -0.05) is 30.3 Å². The number of nitrogens with zero attached hydrogens (tertiary/aromatic N) is 2. The Morgan fingerprint density at radius 1 is 1.33 bits per heavy atom. The Morgan fingerprint density at radius 2 is 2.00 bits per heavy atom. The van der Waals surface area contributed by atoms with E-state index in [-0.39, 0.29) is 12.3 Å². The molecule has 1 N–H and O–H groups in total. The van der Waals surface area contributed by atoms with Crippen LogP contribution in [0.25, 0.3) is 0 Å². The Hall–Kier alpha value is -1.94. The van der Waals surface area contributed by atoms with Crippen molar-refractivity contribution >= 4 is 5.91 Å². The van der Waals surface area contributed by atoms with E-state index >= 15 is 0 Å². The molecule has 0 amide bonds. The monoisotopic (exact) mass is 244 g/mol. The molecule has 0 fully saturated rings. The number of carbonyl (C=O) groups is 1. The number of hydrogen-bond donors (Lipinski definition) is 1. The molecule has 0 aliphatic carbocycles. The van der Waals surface area contributed by atoms with E-state index in [1.54, 1.807) is 12.1 Å². The van der Waals surface area contributed by atoms with Crippen LogP contribution < -0.4 is 0 Å². The lowest BCUT2D eigenvalue weighted by atomic mass is 10.1. The Kier molecular flexibility index (Phi) is 3.58. The van der Waals surface area contributed by atoms with Gasteiger partial charge in [-0.25, -0.2) is 4.68 Å². The van der Waals surface area contributed by atoms with Gasteiger partial charge in [-0.2, -0.15) is 5.10 Å². The first-order chi connectivity index (χ1) is 8.58. The predicted molar refractivity (Wildman–Crippen MR) is 68.3 cm³/mol. The Labute approximate surface area is 106 Å². The van der Waals surface area contributed by atoms with Gasteiger partial charge in [-0.15, -0.1) is 0 Å². The molecular formula is C14H16N2O2. The number of aliphatic hydroxyl groups is 1. The summed E-state index contributed by atoms with van der Waals surface area (Å²) in [5.41, 5.74) is 2.33. The van der Waals surface area contributed by atoms with Crippen LogP contribution in [-0.4, -0.2) is 20.8 Å². The van der Waals surface area contributed by atoms with Gasteiger partial charge in [0, 0.05) is 5.69 Å². The van der Waals surface area contributed by atoms with Crippen LogP contribution in [0.5, 0.6) is 0 Å². The zero-order valence-electron chi connectivity index (χ0n) is 10.5. The normalized spacial score (nSPS) is 12.4. The van der Waals surface area contributed by atoms with E-state index < -0.39 is 6.10 Å². The first kappa shape index (κ1) is 12.5. The molecule has 1 aromatic heterocycles. The fraction of sp³-hybridized carbons (Fsp3) is 0.286. The molecule has 0 aliphatic heterocycles. The van der Waals surface area contributed by atoms with Crippen LogP contribution in [0.4, 0.5) is 0 Å². The summed E-state index contributed by atoms with van der Waals surface area (Å²) in [6.07, 6.45) is -0.756. The molecule has 94 valence electrons. The van der Waals surface area contributed by atoms with Crippen molar-refractivity contribution in [2.75, 3.05) is 0 Å². The first-order valence-corrected chi connectivity index (χ1v) is 5.87. The minimum absolute atomic E-state index is 0.0337. The van der Waals surface area contributed by atoms with E-state index in [0.29, 0.717) is 0 Å². The SMILES string of the molecule is Cc1cc(C)n(C(=O)CC(O)c2ccccc2)n1. The number of carbonyl (C=O) groups excluding carboxylic acids is 1. The van der Waals surface area contributed by atoms with Crippen LogP contribution in [0.3, 0.4) is 0 Å². The molecule has 0 aliphatic rings. The Balaban J connectivity index is 2.10. The molecule has 2 aromatic rings. The second kappa shape index (κ2) is 5.14. The quantitative estimate of drug-likeness (QED) is 0.901. The highest BCUT2D eigenvalue weighted by atomic mass is 16.3. The van der Waals surface area contributed by atoms with Crippen molar-refractivity contribution in [1.29, 1.82) is 0 Å². The summed E-state index contributed by atoms with van der Waals surface area (Å²) in [7, 11) is 0. The summed E-state index contributed by atoms with van der Waals surface area (Å²) in [6.45, 7) is 3.66. The molecule has 1 unspecified atom stereocenters. The van der Waals surface area contributed by atoms with Gasteiger partial charge in [-0.3, -0.25) is 4.79 Å². The molecule has 0 radical (unpaired) electrons. The predicted octanol–water partition coefficient (Wildman–Crippen LogP) is 2.26. The van der Waals surface area contributed by atoms with E-state index in [2.05, 4.69) is 5.10 Å². The molecule has 4 heteroatoms. The van der Waals surface area contributed by atoms with Gasteiger partial charge >= 0.3 is 0 Å². The van der Waals surface area contributed by atoms with E-state index in [1.807, 2.05) is 38.1 Å². The number of hydrogen-bond acceptors (Lipinski definition) is 3. The van der Waals surface area contributed by atoms with Crippen molar-refractivity contribution in [1.82, 2.24) is 9.78 Å². The van der Waals surface area contributed by atoms with E-state index in [9.17, 15) is 9.90 Å². The minimum Gasteiger partial charge on any atom is -0.388 e. The summed E-state index contributed by atoms with van der Waals surface area (Å²) < 4.78 is 1.35. The van der Waals surface area contributed by atoms with Crippen molar-refractivity contribution in [2.24, 2.45) is 0 Å². The highest BCUT2D eigenvalue weighted by Crippen LogP contribution is 2.17. The average Bonchev–Trinajstić information content (AvgIpc) is 2.69. The molecule has 4 nitrogen and oxygen atoms in total. The number of aliphatic hydroxyl groups excluding tert-OH is 1. The third kappa shape index (κ3) is 2.65. The largest absolute Gasteiger partial charge is 0.388 e. The maximum absolute atomic E-state index is 12.0. The van der Waals surface area contributed by atoms with Crippen LogP contribution in [0.15, 0.2) is 36.4 Å². The van der Waals surface area contributed by atoms with Gasteiger partial charge in [0.1, 0.15) is 0 Å². The van der Waals surface area contributed by atoms with Gasteiger partial charge < -0.3 is 5.11 Å². The zero-order chi connectivity index (χ0) is 13.1. The van der Waals surface area contributed by atoms with Crippen LogP contribution >= 0.6 is 0 Å². The second-order valence-corrected chi connectivity index (χ2v) is 4.36. The van der Waals surface area contributed by atoms with Crippen LogP contribution in [0, 0.1) is 13.8 Å². The number of aromatic nitrogens is 2. The molecule has 1 heterocycles. The zero-order valence-corrected chi connectivity index (χ0v) is 10.5. The average molecular weight is 244 g/mol. The number of aryl methyl sites for hydroxylation is 2. The molecule has 1 aromatic carbocycles. The van der Waals surface area contributed by atoms with E-state index in [0.717, 1.165) is 17.0 Å². The molecule has 1 atom stereocenters. The van der Waals surface area contributed by atoms with Crippen LogP contribution in [-0.2, 0) is 0 Å². The molecular weight excluding hydrogens is 228 g/mol. The lowest BCUT2D eigenvalue weighted by Gasteiger charge is -2.10. The van der Waals surface area contributed by atoms with Gasteiger partial charge in [0.05, 0.1) is 18.2 Å². The van der Waals surface area contributed by atoms with Crippen LogP contribution in [0.2, 0.25) is 0 Å². The summed E-state index contributed by atoms with van der Waals surface area (Å²) in [4.78, 5) is 12.0. The smallest absolute Gasteiger partial charge is 0.250 e. The Bertz CT molecular complexity index is 546. The summed E-state index contributed by atoms with van der Waals surface area (Å²) in [6, 6.07) is 11.0. The lowest BCUT2D eigenvalue weighted by molar-refractivity contribution is 0.0779. The van der Waals surface area contributed by atoms with Gasteiger partial charge in [0.25, 0.3) is 0 Å². The number of benzene rings is 1. The molecule has 0 bridgehead atoms. The maximum atomic E-state index is 12.0. The van der Waals surface area contributed by atoms with Gasteiger partial charge in [0.2, 0.25) is 5.91 Å². The second-order valence-electron chi connectivity index (χ2n) is 4.36. The van der Waals surface area contributed by atoms with Crippen molar-refractivity contribution in [2.45, 2.75) is 26.4 Å². The van der Waals surface area contributed by atoms with E-state index in [1.165, 1.54) is 4.68 Å². The summed E-state index contributed by atoms with van der Waals surface area (Å²) in [5.74, 6) is -0.197. The van der Waals surface area contributed by atoms with Crippen LogP contribution in [0.1, 0.15) is 34.3 Å². The fourth-order valence-electron chi connectivity index (χ4n) is 1.93. The van der Waals surface area contributed by atoms with Crippen molar-refractivity contribution in [3.63, 3.8) is 0 Å². The topological polar surface area (TPSA) is 55.1 Å². The third-order valence-electron chi connectivity index (χ3n) is 2.80. The molecule has 0 saturated carbocycles. The fourth-order valence-corrected chi connectivity index (χ4v) is 1.93. The van der Waals surface area contributed by atoms with Gasteiger partial charge in [0.15, 0.2) is 0 Å². The van der Waals surface area contributed by atoms with Crippen molar-refractivity contribution in [3.8, 4) is 0 Å². The molecule has 0 saturated heterocycles. The number of rotatable bonds is 3. The van der Waals surface area contributed by atoms with Crippen molar-refractivity contribution in [3.05, 3.63) is 53.3 Å². The first-order valence-electron chi connectivity index (χ1n) is 5.87. The lowest BCUT2D eigenvalue weighted by Crippen LogP contribution is -2.17. The Morgan fingerprint density at radius 3 is 2.56 bits per heavy atom. The maximum Gasteiger partial charge on any atom is 0.250 e. The van der Waals surface area contributed by atoms with E-state index in [4.69, 9.17) is 0 Å². The highest BCUT2D eigenvalue weighted by Gasteiger charge is 2.16. The molecule has 2 rings (SSSR count). The third-order valence-corrected chi connectivity index (χ3v) is 2.80. The molecule has 0 spiro atoms. The summed E-state index contributed by atoms with van der Waals surface area (Å²) in [5, 5.41) is 14.1. The van der Waals surface area contributed by atoms with Gasteiger partial charge in [-0.05, 0) is 25.5 Å². The molecule has 18 heavy (non-hydrogen) atoms. The standard InChI is InChI=1S/C14H16N2O2/c1-10-8-11(2)16(15-10)14(18)9-13(17)12-6-4-3-5-7-12/h3-8,13,17H,9H2,1-2H3. The highest BCUT2D eigenvalue weighted by molar-refractivity contribution is 5.79. The minimum atomic E-state index is -0.789.